The van der Waals surface area contributed by atoms with E-state index < -0.39 is 9.84 Å². The molecule has 0 amide bonds. The first kappa shape index (κ1) is 21.4. The molecular weight excluding hydrogens is 346 g/mol. The van der Waals surface area contributed by atoms with E-state index in [0.29, 0.717) is 12.0 Å². The highest BCUT2D eigenvalue weighted by molar-refractivity contribution is 7.89. The van der Waals surface area contributed by atoms with E-state index in [9.17, 15) is 8.42 Å². The zero-order valence-corrected chi connectivity index (χ0v) is 16.6. The number of hydrazine groups is 1. The van der Waals surface area contributed by atoms with Crippen molar-refractivity contribution >= 4 is 22.2 Å². The minimum absolute atomic E-state index is 0. The fourth-order valence-corrected chi connectivity index (χ4v) is 3.91. The molecule has 2 unspecified atom stereocenters. The lowest BCUT2D eigenvalue weighted by atomic mass is 9.80. The van der Waals surface area contributed by atoms with E-state index in [0.717, 1.165) is 25.2 Å². The van der Waals surface area contributed by atoms with Gasteiger partial charge in [0.2, 0.25) is 0 Å². The van der Waals surface area contributed by atoms with Crippen LogP contribution in [0.25, 0.3) is 0 Å². The molecule has 3 N–H and O–H groups in total. The van der Waals surface area contributed by atoms with Gasteiger partial charge in [-0.05, 0) is 16.5 Å². The summed E-state index contributed by atoms with van der Waals surface area (Å²) in [6.45, 7) is 9.49. The van der Waals surface area contributed by atoms with E-state index in [-0.39, 0.29) is 23.6 Å². The molecule has 2 atom stereocenters. The Morgan fingerprint density at radius 3 is 2.29 bits per heavy atom. The summed E-state index contributed by atoms with van der Waals surface area (Å²) in [6, 6.07) is 8.25. The van der Waals surface area contributed by atoms with Gasteiger partial charge in [0.1, 0.15) is 0 Å². The Bertz CT molecular complexity index is 612. The summed E-state index contributed by atoms with van der Waals surface area (Å²) in [4.78, 5) is 0. The highest BCUT2D eigenvalue weighted by atomic mass is 35.5. The van der Waals surface area contributed by atoms with Crippen LogP contribution in [0.5, 0.6) is 0 Å². The first-order valence-corrected chi connectivity index (χ1v) is 10.2. The summed E-state index contributed by atoms with van der Waals surface area (Å²) in [7, 11) is -2.97. The molecule has 138 valence electrons. The minimum Gasteiger partial charge on any atom is -0.312 e. The molecule has 0 radical (unpaired) electrons. The van der Waals surface area contributed by atoms with Crippen LogP contribution in [0.1, 0.15) is 31.9 Å². The lowest BCUT2D eigenvalue weighted by molar-refractivity contribution is 0.235. The van der Waals surface area contributed by atoms with Gasteiger partial charge in [0, 0.05) is 37.8 Å². The Morgan fingerprint density at radius 2 is 1.75 bits per heavy atom. The van der Waals surface area contributed by atoms with E-state index in [4.69, 9.17) is 0 Å². The predicted octanol–water partition coefficient (Wildman–Crippen LogP) is 1.88. The number of hydrogen-bond donors (Lipinski definition) is 3. The Kier molecular flexibility index (Phi) is 7.69. The molecule has 0 bridgehead atoms. The van der Waals surface area contributed by atoms with Gasteiger partial charge in [-0.2, -0.15) is 0 Å². The molecule has 5 nitrogen and oxygen atoms in total. The fourth-order valence-electron chi connectivity index (χ4n) is 3.11. The summed E-state index contributed by atoms with van der Waals surface area (Å²) in [6.07, 6.45) is 1.26. The van der Waals surface area contributed by atoms with E-state index in [2.05, 4.69) is 36.9 Å². The van der Waals surface area contributed by atoms with Crippen LogP contribution < -0.4 is 16.2 Å². The van der Waals surface area contributed by atoms with Gasteiger partial charge in [0.15, 0.2) is 9.84 Å². The van der Waals surface area contributed by atoms with Crippen molar-refractivity contribution in [2.45, 2.75) is 39.1 Å². The van der Waals surface area contributed by atoms with Crippen LogP contribution in [-0.4, -0.2) is 33.8 Å². The average Bonchev–Trinajstić information content (AvgIpc) is 2.87. The summed E-state index contributed by atoms with van der Waals surface area (Å²) in [5.41, 5.74) is 8.88. The summed E-state index contributed by atoms with van der Waals surface area (Å²) in [5.74, 6) is 0.660. The third kappa shape index (κ3) is 6.69. The zero-order chi connectivity index (χ0) is 17.1. The zero-order valence-electron chi connectivity index (χ0n) is 14.9. The summed E-state index contributed by atoms with van der Waals surface area (Å²) in [5, 5.41) is 3.52. The van der Waals surface area contributed by atoms with Gasteiger partial charge in [-0.1, -0.05) is 45.0 Å². The molecule has 0 aliphatic carbocycles. The molecule has 0 saturated carbocycles. The van der Waals surface area contributed by atoms with Gasteiger partial charge < -0.3 is 5.32 Å². The van der Waals surface area contributed by atoms with Crippen LogP contribution >= 0.6 is 12.4 Å². The number of nitrogens with one attached hydrogen (secondary N) is 3. The molecule has 1 saturated heterocycles. The molecule has 1 aliphatic rings. The van der Waals surface area contributed by atoms with Crippen LogP contribution in [0.15, 0.2) is 24.3 Å². The standard InChI is InChI=1S/C17H29N3O2S.ClH/c1-17(2,3)16-15(11-19-20-16)10-18-9-13-5-7-14(8-6-13)12-23(4,21)22;/h5-8,15-16,18-20H,9-12H2,1-4H3;1H. The smallest absolute Gasteiger partial charge is 0.151 e. The molecule has 1 aromatic carbocycles. The van der Waals surface area contributed by atoms with Crippen molar-refractivity contribution in [1.82, 2.24) is 16.2 Å². The number of benzene rings is 1. The largest absolute Gasteiger partial charge is 0.312 e. The van der Waals surface area contributed by atoms with Gasteiger partial charge in [0.05, 0.1) is 5.75 Å². The number of hydrogen-bond acceptors (Lipinski definition) is 5. The Morgan fingerprint density at radius 1 is 1.17 bits per heavy atom. The molecule has 1 fully saturated rings. The number of halogens is 1. The molecule has 2 rings (SSSR count). The SMILES string of the molecule is CC(C)(C)C1NNCC1CNCc1ccc(CS(C)(=O)=O)cc1.Cl. The highest BCUT2D eigenvalue weighted by Gasteiger charge is 2.35. The molecule has 1 aliphatic heterocycles. The second-order valence-electron chi connectivity index (χ2n) is 7.65. The van der Waals surface area contributed by atoms with Crippen molar-refractivity contribution in [2.24, 2.45) is 11.3 Å². The van der Waals surface area contributed by atoms with Gasteiger partial charge in [-0.25, -0.2) is 8.42 Å². The van der Waals surface area contributed by atoms with Crippen LogP contribution in [-0.2, 0) is 22.1 Å². The van der Waals surface area contributed by atoms with Crippen LogP contribution in [0.2, 0.25) is 0 Å². The second kappa shape index (κ2) is 8.63. The number of sulfone groups is 1. The van der Waals surface area contributed by atoms with Gasteiger partial charge in [0.25, 0.3) is 0 Å². The quantitative estimate of drug-likeness (QED) is 0.708. The fraction of sp³-hybridized carbons (Fsp3) is 0.647. The van der Waals surface area contributed by atoms with E-state index in [1.807, 2.05) is 24.3 Å². The monoisotopic (exact) mass is 375 g/mol. The summed E-state index contributed by atoms with van der Waals surface area (Å²) < 4.78 is 22.6. The van der Waals surface area contributed by atoms with Gasteiger partial charge in [-0.3, -0.25) is 10.9 Å². The molecule has 7 heteroatoms. The molecule has 0 aromatic heterocycles. The Hall–Kier alpha value is -0.660. The maximum absolute atomic E-state index is 11.3. The van der Waals surface area contributed by atoms with Gasteiger partial charge in [-0.15, -0.1) is 12.4 Å². The van der Waals surface area contributed by atoms with E-state index in [1.54, 1.807) is 0 Å². The average molecular weight is 376 g/mol. The predicted molar refractivity (Wildman–Crippen MR) is 102 cm³/mol. The topological polar surface area (TPSA) is 70.2 Å². The highest BCUT2D eigenvalue weighted by Crippen LogP contribution is 2.26. The first-order valence-electron chi connectivity index (χ1n) is 8.10. The van der Waals surface area contributed by atoms with Crippen LogP contribution in [0.3, 0.4) is 0 Å². The van der Waals surface area contributed by atoms with Crippen molar-refractivity contribution in [1.29, 1.82) is 0 Å². The second-order valence-corrected chi connectivity index (χ2v) is 9.79. The maximum Gasteiger partial charge on any atom is 0.151 e. The maximum atomic E-state index is 11.3. The first-order chi connectivity index (χ1) is 10.6. The van der Waals surface area contributed by atoms with E-state index in [1.165, 1.54) is 11.8 Å². The van der Waals surface area contributed by atoms with E-state index >= 15 is 0 Å². The van der Waals surface area contributed by atoms with Crippen LogP contribution in [0.4, 0.5) is 0 Å². The molecular formula is C17H30ClN3O2S. The van der Waals surface area contributed by atoms with Gasteiger partial charge >= 0.3 is 0 Å². The van der Waals surface area contributed by atoms with Crippen molar-refractivity contribution in [3.63, 3.8) is 0 Å². The van der Waals surface area contributed by atoms with Crippen LogP contribution in [0, 0.1) is 11.3 Å². The molecule has 0 spiro atoms. The number of rotatable bonds is 6. The van der Waals surface area contributed by atoms with Crippen molar-refractivity contribution in [2.75, 3.05) is 19.3 Å². The molecule has 24 heavy (non-hydrogen) atoms. The Labute approximate surface area is 152 Å². The molecule has 1 heterocycles. The van der Waals surface area contributed by atoms with Crippen molar-refractivity contribution in [3.8, 4) is 0 Å². The lowest BCUT2D eigenvalue weighted by Crippen LogP contribution is -2.44. The van der Waals surface area contributed by atoms with Crippen molar-refractivity contribution < 1.29 is 8.42 Å². The summed E-state index contributed by atoms with van der Waals surface area (Å²) >= 11 is 0. The Balaban J connectivity index is 0.00000288. The normalized spacial score (nSPS) is 21.5. The minimum atomic E-state index is -2.97. The lowest BCUT2D eigenvalue weighted by Gasteiger charge is -2.31. The third-order valence-electron chi connectivity index (χ3n) is 4.21. The molecule has 1 aromatic rings. The third-order valence-corrected chi connectivity index (χ3v) is 5.07. The van der Waals surface area contributed by atoms with Crippen molar-refractivity contribution in [3.05, 3.63) is 35.4 Å².